The van der Waals surface area contributed by atoms with E-state index in [9.17, 15) is 19.5 Å². The van der Waals surface area contributed by atoms with Crippen LogP contribution in [0.25, 0.3) is 0 Å². The summed E-state index contributed by atoms with van der Waals surface area (Å²) < 4.78 is 0. The first kappa shape index (κ1) is 19.5. The SMILES string of the molecule is CC(C)(C)N(C(=O)c1ccccc1)N(C(=O)O)C(=O)c1ccc(Cl)cc1. The molecule has 0 saturated carbocycles. The van der Waals surface area contributed by atoms with E-state index in [1.54, 1.807) is 51.1 Å². The van der Waals surface area contributed by atoms with Crippen molar-refractivity contribution < 1.29 is 19.5 Å². The van der Waals surface area contributed by atoms with E-state index in [2.05, 4.69) is 0 Å². The van der Waals surface area contributed by atoms with Gasteiger partial charge in [0.1, 0.15) is 0 Å². The van der Waals surface area contributed by atoms with E-state index >= 15 is 0 Å². The second kappa shape index (κ2) is 7.58. The van der Waals surface area contributed by atoms with Crippen molar-refractivity contribution >= 4 is 29.5 Å². The van der Waals surface area contributed by atoms with Crippen molar-refractivity contribution in [2.75, 3.05) is 0 Å². The average molecular weight is 375 g/mol. The van der Waals surface area contributed by atoms with E-state index in [1.165, 1.54) is 24.3 Å². The van der Waals surface area contributed by atoms with Crippen LogP contribution in [0.15, 0.2) is 54.6 Å². The fourth-order valence-corrected chi connectivity index (χ4v) is 2.50. The molecule has 1 N–H and O–H groups in total. The quantitative estimate of drug-likeness (QED) is 0.794. The second-order valence-electron chi connectivity index (χ2n) is 6.56. The summed E-state index contributed by atoms with van der Waals surface area (Å²) in [6.45, 7) is 4.96. The van der Waals surface area contributed by atoms with Crippen molar-refractivity contribution in [1.29, 1.82) is 0 Å². The number of nitrogens with zero attached hydrogens (tertiary/aromatic N) is 2. The Hall–Kier alpha value is -2.86. The molecule has 0 atom stereocenters. The van der Waals surface area contributed by atoms with Gasteiger partial charge < -0.3 is 5.11 Å². The monoisotopic (exact) mass is 374 g/mol. The van der Waals surface area contributed by atoms with Gasteiger partial charge in [-0.25, -0.2) is 9.80 Å². The third-order valence-electron chi connectivity index (χ3n) is 3.51. The van der Waals surface area contributed by atoms with Crippen LogP contribution in [0.4, 0.5) is 4.79 Å². The van der Waals surface area contributed by atoms with E-state index in [0.29, 0.717) is 10.0 Å². The highest BCUT2D eigenvalue weighted by atomic mass is 35.5. The molecular weight excluding hydrogens is 356 g/mol. The fraction of sp³-hybridized carbons (Fsp3) is 0.211. The first-order chi connectivity index (χ1) is 12.1. The normalized spacial score (nSPS) is 10.9. The number of carbonyl (C=O) groups excluding carboxylic acids is 2. The molecule has 136 valence electrons. The minimum absolute atomic E-state index is 0.104. The van der Waals surface area contributed by atoms with Gasteiger partial charge in [0.15, 0.2) is 0 Å². The summed E-state index contributed by atoms with van der Waals surface area (Å²) in [6.07, 6.45) is -1.55. The Balaban J connectivity index is 2.51. The van der Waals surface area contributed by atoms with Crippen LogP contribution in [-0.4, -0.2) is 38.6 Å². The third-order valence-corrected chi connectivity index (χ3v) is 3.77. The molecule has 2 aromatic rings. The Morgan fingerprint density at radius 1 is 0.846 bits per heavy atom. The molecule has 2 aromatic carbocycles. The maximum atomic E-state index is 13.0. The van der Waals surface area contributed by atoms with Crippen LogP contribution >= 0.6 is 11.6 Å². The van der Waals surface area contributed by atoms with Gasteiger partial charge in [0.05, 0.1) is 5.54 Å². The third kappa shape index (κ3) is 4.21. The number of carboxylic acid groups (broad SMARTS) is 1. The Morgan fingerprint density at radius 3 is 1.81 bits per heavy atom. The van der Waals surface area contributed by atoms with Gasteiger partial charge in [-0.2, -0.15) is 0 Å². The molecular formula is C19H19ClN2O4. The van der Waals surface area contributed by atoms with Gasteiger partial charge in [-0.1, -0.05) is 29.8 Å². The second-order valence-corrected chi connectivity index (χ2v) is 7.00. The van der Waals surface area contributed by atoms with E-state index < -0.39 is 23.4 Å². The molecule has 0 aliphatic carbocycles. The van der Waals surface area contributed by atoms with E-state index in [1.807, 2.05) is 0 Å². The van der Waals surface area contributed by atoms with Gasteiger partial charge in [-0.3, -0.25) is 9.59 Å². The lowest BCUT2D eigenvalue weighted by molar-refractivity contribution is -0.0330. The predicted octanol–water partition coefficient (Wildman–Crippen LogP) is 4.32. The van der Waals surface area contributed by atoms with Crippen molar-refractivity contribution in [2.45, 2.75) is 26.3 Å². The molecule has 6 nitrogen and oxygen atoms in total. The van der Waals surface area contributed by atoms with Gasteiger partial charge in [0, 0.05) is 16.1 Å². The molecule has 0 aliphatic heterocycles. The molecule has 0 radical (unpaired) electrons. The van der Waals surface area contributed by atoms with Gasteiger partial charge in [0.2, 0.25) is 0 Å². The van der Waals surface area contributed by atoms with Crippen LogP contribution in [0.2, 0.25) is 5.02 Å². The van der Waals surface area contributed by atoms with Crippen LogP contribution in [-0.2, 0) is 0 Å². The van der Waals surface area contributed by atoms with Crippen LogP contribution in [0.1, 0.15) is 41.5 Å². The lowest BCUT2D eigenvalue weighted by Crippen LogP contribution is -2.59. The van der Waals surface area contributed by atoms with E-state index in [4.69, 9.17) is 11.6 Å². The van der Waals surface area contributed by atoms with E-state index in [-0.39, 0.29) is 11.1 Å². The standard InChI is InChI=1S/C19H19ClN2O4/c1-19(2,3)22(17(24)13-7-5-4-6-8-13)21(18(25)26)16(23)14-9-11-15(20)12-10-14/h4-12H,1-3H3,(H,25,26). The zero-order valence-electron chi connectivity index (χ0n) is 14.6. The maximum Gasteiger partial charge on any atom is 0.434 e. The summed E-state index contributed by atoms with van der Waals surface area (Å²) in [5.41, 5.74) is -0.586. The van der Waals surface area contributed by atoms with Gasteiger partial charge in [-0.15, -0.1) is 5.01 Å². The number of imide groups is 1. The van der Waals surface area contributed by atoms with E-state index in [0.717, 1.165) is 5.01 Å². The summed E-state index contributed by atoms with van der Waals surface area (Å²) in [6, 6.07) is 14.0. The summed E-state index contributed by atoms with van der Waals surface area (Å²) >= 11 is 5.82. The van der Waals surface area contributed by atoms with Crippen LogP contribution in [0.3, 0.4) is 0 Å². The smallest absolute Gasteiger partial charge is 0.434 e. The van der Waals surface area contributed by atoms with Crippen molar-refractivity contribution in [3.05, 3.63) is 70.7 Å². The minimum atomic E-state index is -1.55. The van der Waals surface area contributed by atoms with Crippen molar-refractivity contribution in [2.24, 2.45) is 0 Å². The molecule has 26 heavy (non-hydrogen) atoms. The number of carbonyl (C=O) groups is 3. The highest BCUT2D eigenvalue weighted by Crippen LogP contribution is 2.23. The number of hydrogen-bond acceptors (Lipinski definition) is 3. The molecule has 0 unspecified atom stereocenters. The van der Waals surface area contributed by atoms with Crippen LogP contribution < -0.4 is 0 Å². The maximum absolute atomic E-state index is 13.0. The molecule has 0 aromatic heterocycles. The number of halogens is 1. The Morgan fingerprint density at radius 2 is 1.35 bits per heavy atom. The number of benzene rings is 2. The van der Waals surface area contributed by atoms with Gasteiger partial charge in [0.25, 0.3) is 11.8 Å². The molecule has 7 heteroatoms. The summed E-state index contributed by atoms with van der Waals surface area (Å²) in [5.74, 6) is -1.43. The van der Waals surface area contributed by atoms with Gasteiger partial charge >= 0.3 is 6.09 Å². The Bertz CT molecular complexity index is 814. The lowest BCUT2D eigenvalue weighted by atomic mass is 10.1. The van der Waals surface area contributed by atoms with Crippen molar-refractivity contribution in [1.82, 2.24) is 10.0 Å². The summed E-state index contributed by atoms with van der Waals surface area (Å²) in [5, 5.41) is 11.5. The Kier molecular flexibility index (Phi) is 5.67. The first-order valence-corrected chi connectivity index (χ1v) is 8.23. The number of amides is 3. The van der Waals surface area contributed by atoms with Crippen molar-refractivity contribution in [3.63, 3.8) is 0 Å². The average Bonchev–Trinajstić information content (AvgIpc) is 2.58. The molecule has 2 rings (SSSR count). The number of hydrazine groups is 1. The highest BCUT2D eigenvalue weighted by Gasteiger charge is 2.39. The molecule has 0 spiro atoms. The zero-order valence-corrected chi connectivity index (χ0v) is 15.4. The Labute approximate surface area is 156 Å². The summed E-state index contributed by atoms with van der Waals surface area (Å²) in [7, 11) is 0. The number of hydrogen-bond donors (Lipinski definition) is 1. The predicted molar refractivity (Wildman–Crippen MR) is 98.0 cm³/mol. The fourth-order valence-electron chi connectivity index (χ4n) is 2.38. The van der Waals surface area contributed by atoms with Gasteiger partial charge in [-0.05, 0) is 57.2 Å². The summed E-state index contributed by atoms with van der Waals surface area (Å²) in [4.78, 5) is 37.7. The largest absolute Gasteiger partial charge is 0.463 e. The van der Waals surface area contributed by atoms with Crippen LogP contribution in [0.5, 0.6) is 0 Å². The highest BCUT2D eigenvalue weighted by molar-refractivity contribution is 6.30. The molecule has 0 saturated heterocycles. The molecule has 3 amide bonds. The number of rotatable bonds is 2. The lowest BCUT2D eigenvalue weighted by Gasteiger charge is -2.40. The zero-order chi connectivity index (χ0) is 19.5. The minimum Gasteiger partial charge on any atom is -0.463 e. The molecule has 0 bridgehead atoms. The van der Waals surface area contributed by atoms with Crippen LogP contribution in [0, 0.1) is 0 Å². The topological polar surface area (TPSA) is 77.9 Å². The molecule has 0 aliphatic rings. The molecule has 0 fully saturated rings. The first-order valence-electron chi connectivity index (χ1n) is 7.85. The molecule has 0 heterocycles. The van der Waals surface area contributed by atoms with Crippen molar-refractivity contribution in [3.8, 4) is 0 Å².